The summed E-state index contributed by atoms with van der Waals surface area (Å²) in [6.45, 7) is 2.85. The number of rotatable bonds is 19. The minimum atomic E-state index is -3.72. The average molecular weight is 737 g/mol. The molecule has 1 aliphatic rings. The van der Waals surface area contributed by atoms with Crippen LogP contribution in [0.5, 0.6) is 0 Å². The molecule has 5 rings (SSSR count). The summed E-state index contributed by atoms with van der Waals surface area (Å²) in [6.07, 6.45) is 3.08. The van der Waals surface area contributed by atoms with Gasteiger partial charge in [-0.05, 0) is 91.3 Å². The largest absolute Gasteiger partial charge is 0.507 e. The van der Waals surface area contributed by atoms with Gasteiger partial charge in [0, 0.05) is 42.8 Å². The Bertz CT molecular complexity index is 2050. The topological polar surface area (TPSA) is 170 Å². The number of nitrogens with one attached hydrogen (secondary N) is 2. The fraction of sp³-hybridized carbons (Fsp3) is 0.342. The lowest BCUT2D eigenvalue weighted by Crippen LogP contribution is -2.27. The lowest BCUT2D eigenvalue weighted by Gasteiger charge is -2.12. The first-order chi connectivity index (χ1) is 25.0. The van der Waals surface area contributed by atoms with E-state index in [1.54, 1.807) is 37.3 Å². The molecule has 1 heterocycles. The van der Waals surface area contributed by atoms with Crippen molar-refractivity contribution < 1.29 is 50.9 Å². The van der Waals surface area contributed by atoms with Gasteiger partial charge in [-0.15, -0.1) is 0 Å². The van der Waals surface area contributed by atoms with Crippen LogP contribution in [0.1, 0.15) is 64.7 Å². The van der Waals surface area contributed by atoms with E-state index in [9.17, 15) is 32.3 Å². The molecule has 0 atom stereocenters. The number of ketones is 1. The summed E-state index contributed by atoms with van der Waals surface area (Å²) in [6, 6.07) is 15.9. The molecule has 4 aromatic rings. The molecule has 0 saturated heterocycles. The number of aliphatic hydroxyl groups is 1. The Balaban J connectivity index is 1.09. The summed E-state index contributed by atoms with van der Waals surface area (Å²) in [5.41, 5.74) is 3.74. The fourth-order valence-electron chi connectivity index (χ4n) is 5.61. The molecule has 0 spiro atoms. The van der Waals surface area contributed by atoms with Gasteiger partial charge in [-0.1, -0.05) is 18.2 Å². The SMILES string of the molecule is CCOC(=O)C(=O)C=C(O)c1cccc(COCCOCCCNS(=O)(=O)Cc2cc3oc(-c4ccc(F)cc4)c(C(=O)NC)c3cc2C2CC2)c1. The number of carbonyl (C=O) groups is 3. The standard InChI is InChI=1S/C38H41FN2O10S/c1-3-50-38(45)33(43)21-32(42)27-7-4-6-24(18-27)22-49-17-16-48-15-5-14-41-52(46,47)23-28-19-34-31(20-30(28)25-8-9-25)35(37(44)40-2)36(51-34)26-10-12-29(39)13-11-26/h4,6-7,10-13,18-21,25,41-42H,3,5,8-9,14-17,22-23H2,1-2H3,(H,40,44). The molecule has 1 fully saturated rings. The maximum Gasteiger partial charge on any atom is 0.379 e. The molecule has 14 heteroatoms. The Morgan fingerprint density at radius 1 is 1.02 bits per heavy atom. The molecule has 52 heavy (non-hydrogen) atoms. The lowest BCUT2D eigenvalue weighted by atomic mass is 9.98. The number of ether oxygens (including phenoxy) is 3. The minimum Gasteiger partial charge on any atom is -0.507 e. The molecule has 0 unspecified atom stereocenters. The number of amides is 1. The van der Waals surface area contributed by atoms with E-state index < -0.39 is 27.6 Å². The Morgan fingerprint density at radius 3 is 2.48 bits per heavy atom. The highest BCUT2D eigenvalue weighted by Gasteiger charge is 2.31. The van der Waals surface area contributed by atoms with Crippen LogP contribution in [-0.2, 0) is 46.2 Å². The maximum absolute atomic E-state index is 13.6. The Morgan fingerprint density at radius 2 is 1.77 bits per heavy atom. The first-order valence-corrected chi connectivity index (χ1v) is 18.6. The minimum absolute atomic E-state index is 0.0508. The number of hydrogen-bond donors (Lipinski definition) is 3. The third-order valence-electron chi connectivity index (χ3n) is 8.27. The first kappa shape index (κ1) is 38.3. The van der Waals surface area contributed by atoms with Gasteiger partial charge in [-0.2, -0.15) is 0 Å². The van der Waals surface area contributed by atoms with Gasteiger partial charge in [0.2, 0.25) is 10.0 Å². The quantitative estimate of drug-likeness (QED) is 0.0365. The van der Waals surface area contributed by atoms with Crippen LogP contribution < -0.4 is 10.0 Å². The van der Waals surface area contributed by atoms with Crippen LogP contribution in [-0.4, -0.2) is 71.2 Å². The molecule has 12 nitrogen and oxygen atoms in total. The van der Waals surface area contributed by atoms with Crippen molar-refractivity contribution in [2.45, 2.75) is 44.5 Å². The van der Waals surface area contributed by atoms with E-state index in [0.29, 0.717) is 46.3 Å². The third kappa shape index (κ3) is 10.1. The number of carbonyl (C=O) groups excluding carboxylic acids is 3. The van der Waals surface area contributed by atoms with Gasteiger partial charge < -0.3 is 29.1 Å². The second-order valence-electron chi connectivity index (χ2n) is 12.2. The monoisotopic (exact) mass is 736 g/mol. The van der Waals surface area contributed by atoms with Crippen LogP contribution in [0.4, 0.5) is 4.39 Å². The zero-order valence-corrected chi connectivity index (χ0v) is 29.7. The predicted molar refractivity (Wildman–Crippen MR) is 191 cm³/mol. The van der Waals surface area contributed by atoms with Crippen molar-refractivity contribution >= 4 is 44.4 Å². The molecule has 1 saturated carbocycles. The Kier molecular flexibility index (Phi) is 12.9. The predicted octanol–water partition coefficient (Wildman–Crippen LogP) is 5.55. The molecule has 0 bridgehead atoms. The van der Waals surface area contributed by atoms with E-state index in [1.807, 2.05) is 6.07 Å². The van der Waals surface area contributed by atoms with Gasteiger partial charge in [-0.3, -0.25) is 9.59 Å². The van der Waals surface area contributed by atoms with Gasteiger partial charge in [0.25, 0.3) is 11.7 Å². The molecule has 1 amide bonds. The van der Waals surface area contributed by atoms with E-state index in [0.717, 1.165) is 30.0 Å². The second-order valence-corrected chi connectivity index (χ2v) is 14.0. The number of aliphatic hydroxyl groups excluding tert-OH is 1. The summed E-state index contributed by atoms with van der Waals surface area (Å²) < 4.78 is 64.5. The summed E-state index contributed by atoms with van der Waals surface area (Å²) in [4.78, 5) is 36.3. The summed E-state index contributed by atoms with van der Waals surface area (Å²) >= 11 is 0. The zero-order chi connectivity index (χ0) is 37.3. The second kappa shape index (κ2) is 17.6. The Labute approximate surface area is 301 Å². The van der Waals surface area contributed by atoms with Crippen LogP contribution in [0.2, 0.25) is 0 Å². The highest BCUT2D eigenvalue weighted by atomic mass is 32.2. The van der Waals surface area contributed by atoms with Gasteiger partial charge in [-0.25, -0.2) is 22.3 Å². The van der Waals surface area contributed by atoms with E-state index in [4.69, 9.17) is 13.9 Å². The molecule has 0 radical (unpaired) electrons. The van der Waals surface area contributed by atoms with Crippen LogP contribution in [0.25, 0.3) is 28.1 Å². The van der Waals surface area contributed by atoms with Crippen molar-refractivity contribution in [3.63, 3.8) is 0 Å². The van der Waals surface area contributed by atoms with E-state index in [1.165, 1.54) is 31.3 Å². The van der Waals surface area contributed by atoms with Crippen molar-refractivity contribution in [2.24, 2.45) is 0 Å². The number of furan rings is 1. The van der Waals surface area contributed by atoms with Gasteiger partial charge in [0.1, 0.15) is 22.9 Å². The smallest absolute Gasteiger partial charge is 0.379 e. The fourth-order valence-corrected chi connectivity index (χ4v) is 6.83. The van der Waals surface area contributed by atoms with Crippen molar-refractivity contribution in [1.82, 2.24) is 10.0 Å². The van der Waals surface area contributed by atoms with Crippen LogP contribution in [0, 0.1) is 5.82 Å². The number of hydrogen-bond acceptors (Lipinski definition) is 10. The Hall–Kier alpha value is -4.89. The van der Waals surface area contributed by atoms with Crippen LogP contribution in [0.3, 0.4) is 0 Å². The van der Waals surface area contributed by atoms with E-state index in [2.05, 4.69) is 14.8 Å². The lowest BCUT2D eigenvalue weighted by molar-refractivity contribution is -0.151. The van der Waals surface area contributed by atoms with Crippen LogP contribution >= 0.6 is 0 Å². The van der Waals surface area contributed by atoms with E-state index in [-0.39, 0.29) is 62.1 Å². The summed E-state index contributed by atoms with van der Waals surface area (Å²) in [5, 5.41) is 13.4. The van der Waals surface area contributed by atoms with Gasteiger partial charge in [0.15, 0.2) is 0 Å². The number of fused-ring (bicyclic) bond motifs is 1. The average Bonchev–Trinajstić information content (AvgIpc) is 3.90. The normalized spacial score (nSPS) is 13.3. The van der Waals surface area contributed by atoms with Crippen molar-refractivity contribution in [3.8, 4) is 11.3 Å². The van der Waals surface area contributed by atoms with E-state index >= 15 is 0 Å². The molecule has 3 N–H and O–H groups in total. The summed E-state index contributed by atoms with van der Waals surface area (Å²) in [5.74, 6) is -2.94. The van der Waals surface area contributed by atoms with Gasteiger partial charge >= 0.3 is 5.97 Å². The molecule has 1 aromatic heterocycles. The molecular weight excluding hydrogens is 695 g/mol. The maximum atomic E-state index is 13.6. The van der Waals surface area contributed by atoms with Gasteiger partial charge in [0.05, 0.1) is 37.7 Å². The molecule has 276 valence electrons. The number of halogens is 1. The summed E-state index contributed by atoms with van der Waals surface area (Å²) in [7, 11) is -2.21. The number of esters is 1. The molecular formula is C38H41FN2O10S. The highest BCUT2D eigenvalue weighted by Crippen LogP contribution is 2.45. The molecule has 0 aliphatic heterocycles. The number of sulfonamides is 1. The third-order valence-corrected chi connectivity index (χ3v) is 9.60. The van der Waals surface area contributed by atoms with Crippen molar-refractivity contribution in [3.05, 3.63) is 100 Å². The highest BCUT2D eigenvalue weighted by molar-refractivity contribution is 7.88. The molecule has 1 aliphatic carbocycles. The zero-order valence-electron chi connectivity index (χ0n) is 28.9. The van der Waals surface area contributed by atoms with Crippen molar-refractivity contribution in [2.75, 3.05) is 40.0 Å². The van der Waals surface area contributed by atoms with Crippen molar-refractivity contribution in [1.29, 1.82) is 0 Å². The molecule has 3 aromatic carbocycles. The van der Waals surface area contributed by atoms with Crippen LogP contribution in [0.15, 0.2) is 71.2 Å². The number of benzene rings is 3. The first-order valence-electron chi connectivity index (χ1n) is 16.9.